The Morgan fingerprint density at radius 3 is 1.10 bits per heavy atom. The fourth-order valence-corrected chi connectivity index (χ4v) is 7.07. The molecule has 0 N–H and O–H groups in total. The topological polar surface area (TPSA) is 6.48 Å². The van der Waals surface area contributed by atoms with Gasteiger partial charge in [0.1, 0.15) is 0 Å². The van der Waals surface area contributed by atoms with Gasteiger partial charge in [0.05, 0.1) is 24.5 Å². The number of nitrogens with zero attached hydrogens (tertiary/aromatic N) is 2. The van der Waals surface area contributed by atoms with Gasteiger partial charge in [-0.1, -0.05) is 91.8 Å². The average molecular weight is 442 g/mol. The van der Waals surface area contributed by atoms with Gasteiger partial charge in [-0.25, -0.2) is 0 Å². The predicted octanol–water partition coefficient (Wildman–Crippen LogP) is 8.28. The Kier molecular flexibility index (Phi) is 7.25. The molecular weight excluding hydrogens is 403 g/mol. The van der Waals surface area contributed by atoms with E-state index in [-0.39, 0.29) is 0 Å². The van der Waals surface area contributed by atoms with Gasteiger partial charge in [0.15, 0.2) is 0 Å². The maximum absolute atomic E-state index is 6.31. The average Bonchev–Trinajstić information content (AvgIpc) is 3.07. The summed E-state index contributed by atoms with van der Waals surface area (Å²) >= 11 is 6.31. The van der Waals surface area contributed by atoms with Gasteiger partial charge in [0, 0.05) is 0 Å². The van der Waals surface area contributed by atoms with E-state index in [0.717, 1.165) is 13.1 Å². The molecule has 30 heavy (non-hydrogen) atoms. The van der Waals surface area contributed by atoms with Crippen molar-refractivity contribution < 1.29 is 0 Å². The van der Waals surface area contributed by atoms with E-state index in [2.05, 4.69) is 101 Å². The molecule has 0 bridgehead atoms. The van der Waals surface area contributed by atoms with Crippen LogP contribution in [0.1, 0.15) is 101 Å². The second-order valence-corrected chi connectivity index (χ2v) is 12.1. The minimum absolute atomic E-state index is 0.486. The zero-order valence-corrected chi connectivity index (χ0v) is 21.6. The van der Waals surface area contributed by atoms with Gasteiger partial charge in [-0.15, -0.1) is 0 Å². The number of para-hydroxylation sites is 2. The fraction of sp³-hybridized carbons (Fsp3) is 0.538. The lowest BCUT2D eigenvalue weighted by atomic mass is 9.92. The minimum atomic E-state index is -0.858. The molecule has 1 aliphatic rings. The first-order valence-electron chi connectivity index (χ1n) is 11.4. The molecule has 3 rings (SSSR count). The van der Waals surface area contributed by atoms with Crippen LogP contribution in [0.5, 0.6) is 0 Å². The molecule has 2 aromatic carbocycles. The molecular formula is C26H38N2PS+. The first-order chi connectivity index (χ1) is 14.1. The molecule has 4 heteroatoms. The van der Waals surface area contributed by atoms with Crippen LogP contribution in [0.2, 0.25) is 0 Å². The Bertz CT molecular complexity index is 791. The van der Waals surface area contributed by atoms with Gasteiger partial charge in [-0.3, -0.25) is 0 Å². The monoisotopic (exact) mass is 441 g/mol. The number of benzene rings is 2. The quantitative estimate of drug-likeness (QED) is 0.416. The maximum Gasteiger partial charge on any atom is 0.423 e. The van der Waals surface area contributed by atoms with Crippen molar-refractivity contribution in [3.05, 3.63) is 58.7 Å². The molecule has 1 heterocycles. The lowest BCUT2D eigenvalue weighted by Crippen LogP contribution is -2.16. The summed E-state index contributed by atoms with van der Waals surface area (Å²) in [5.74, 6) is 1.95. The van der Waals surface area contributed by atoms with E-state index in [1.165, 1.54) is 33.6 Å². The zero-order chi connectivity index (χ0) is 22.2. The van der Waals surface area contributed by atoms with Crippen LogP contribution in [0.4, 0.5) is 11.4 Å². The highest BCUT2D eigenvalue weighted by molar-refractivity contribution is 8.06. The Hall–Kier alpha value is -1.44. The van der Waals surface area contributed by atoms with E-state index in [4.69, 9.17) is 11.8 Å². The summed E-state index contributed by atoms with van der Waals surface area (Å²) in [5, 5.41) is 0. The van der Waals surface area contributed by atoms with E-state index in [0.29, 0.717) is 23.7 Å². The van der Waals surface area contributed by atoms with Gasteiger partial charge < -0.3 is 0 Å². The molecule has 1 aliphatic heterocycles. The van der Waals surface area contributed by atoms with Crippen LogP contribution >= 0.6 is 7.00 Å². The Morgan fingerprint density at radius 2 is 0.867 bits per heavy atom. The summed E-state index contributed by atoms with van der Waals surface area (Å²) in [6.07, 6.45) is 0. The maximum atomic E-state index is 6.31. The van der Waals surface area contributed by atoms with Gasteiger partial charge in [0.25, 0.3) is 0 Å². The van der Waals surface area contributed by atoms with Crippen LogP contribution in [-0.2, 0) is 11.8 Å². The van der Waals surface area contributed by atoms with Crippen LogP contribution in [0.25, 0.3) is 0 Å². The van der Waals surface area contributed by atoms with Crippen LogP contribution < -0.4 is 9.34 Å². The molecule has 0 spiro atoms. The highest BCUT2D eigenvalue weighted by Crippen LogP contribution is 2.52. The van der Waals surface area contributed by atoms with E-state index < -0.39 is 7.00 Å². The largest absolute Gasteiger partial charge is 0.423 e. The smallest absolute Gasteiger partial charge is 0.166 e. The van der Waals surface area contributed by atoms with E-state index >= 15 is 0 Å². The Balaban J connectivity index is 2.12. The molecule has 2 aromatic rings. The summed E-state index contributed by atoms with van der Waals surface area (Å²) < 4.78 is 5.10. The summed E-state index contributed by atoms with van der Waals surface area (Å²) in [4.78, 5) is 0. The first-order valence-corrected chi connectivity index (χ1v) is 13.7. The van der Waals surface area contributed by atoms with Gasteiger partial charge in [-0.2, -0.15) is 9.34 Å². The third-order valence-electron chi connectivity index (χ3n) is 6.14. The van der Waals surface area contributed by atoms with E-state index in [9.17, 15) is 0 Å². The second kappa shape index (κ2) is 9.37. The van der Waals surface area contributed by atoms with Gasteiger partial charge in [-0.05, 0) is 45.9 Å². The van der Waals surface area contributed by atoms with E-state index in [1.807, 2.05) is 0 Å². The van der Waals surface area contributed by atoms with E-state index in [1.54, 1.807) is 0 Å². The third kappa shape index (κ3) is 4.30. The zero-order valence-electron chi connectivity index (χ0n) is 19.9. The normalized spacial score (nSPS) is 14.9. The standard InChI is InChI=1S/C26H38N2PS/c1-17(2)21-11-9-12-22(18(3)4)25(21)27-15-16-28(29(27)30)26-23(19(5)6)13-10-14-24(26)20(7)8/h9-14,17-20H,15-16H2,1-8H3/q+1. The summed E-state index contributed by atoms with van der Waals surface area (Å²) in [6, 6.07) is 13.6. The number of anilines is 2. The van der Waals surface area contributed by atoms with Crippen molar-refractivity contribution in [1.82, 2.24) is 0 Å². The number of hydrogen-bond donors (Lipinski definition) is 0. The lowest BCUT2D eigenvalue weighted by molar-refractivity contribution is 0.821. The van der Waals surface area contributed by atoms with Crippen molar-refractivity contribution >= 4 is 30.2 Å². The third-order valence-corrected chi connectivity index (χ3v) is 8.95. The molecule has 0 aliphatic carbocycles. The van der Waals surface area contributed by atoms with Crippen molar-refractivity contribution in [2.75, 3.05) is 22.4 Å². The Labute approximate surface area is 190 Å². The van der Waals surface area contributed by atoms with Crippen molar-refractivity contribution in [1.29, 1.82) is 0 Å². The van der Waals surface area contributed by atoms with Gasteiger partial charge in [0.2, 0.25) is 11.8 Å². The number of rotatable bonds is 6. The van der Waals surface area contributed by atoms with Crippen molar-refractivity contribution in [2.24, 2.45) is 0 Å². The molecule has 2 nitrogen and oxygen atoms in total. The molecule has 0 aromatic heterocycles. The summed E-state index contributed by atoms with van der Waals surface area (Å²) in [5.41, 5.74) is 8.53. The molecule has 1 saturated heterocycles. The predicted molar refractivity (Wildman–Crippen MR) is 138 cm³/mol. The fourth-order valence-electron chi connectivity index (χ4n) is 4.51. The second-order valence-electron chi connectivity index (χ2n) is 9.69. The van der Waals surface area contributed by atoms with Crippen LogP contribution in [0, 0.1) is 0 Å². The Morgan fingerprint density at radius 1 is 0.600 bits per heavy atom. The SMILES string of the molecule is CC(C)c1cccc(C(C)C)c1N1CCN(c2c(C(C)C)cccc2C(C)C)[P+]1=S. The molecule has 1 fully saturated rings. The molecule has 0 unspecified atom stereocenters. The minimum Gasteiger partial charge on any atom is -0.166 e. The highest BCUT2D eigenvalue weighted by Gasteiger charge is 2.43. The van der Waals surface area contributed by atoms with Crippen molar-refractivity contribution in [2.45, 2.75) is 79.1 Å². The van der Waals surface area contributed by atoms with Crippen LogP contribution in [-0.4, -0.2) is 13.1 Å². The molecule has 162 valence electrons. The van der Waals surface area contributed by atoms with Crippen molar-refractivity contribution in [3.8, 4) is 0 Å². The molecule has 0 atom stereocenters. The molecule has 0 radical (unpaired) electrons. The van der Waals surface area contributed by atoms with Crippen molar-refractivity contribution in [3.63, 3.8) is 0 Å². The lowest BCUT2D eigenvalue weighted by Gasteiger charge is -2.24. The highest BCUT2D eigenvalue weighted by atomic mass is 32.4. The van der Waals surface area contributed by atoms with Gasteiger partial charge >= 0.3 is 7.00 Å². The molecule has 0 amide bonds. The van der Waals surface area contributed by atoms with Crippen LogP contribution in [0.15, 0.2) is 36.4 Å². The summed E-state index contributed by atoms with van der Waals surface area (Å²) in [6.45, 7) is 19.5. The molecule has 0 saturated carbocycles. The first kappa shape index (κ1) is 23.2. The summed E-state index contributed by atoms with van der Waals surface area (Å²) in [7, 11) is 0. The van der Waals surface area contributed by atoms with Crippen LogP contribution in [0.3, 0.4) is 0 Å². The number of hydrogen-bond acceptors (Lipinski definition) is 1.